The smallest absolute Gasteiger partial charge is 0.320 e. The summed E-state index contributed by atoms with van der Waals surface area (Å²) < 4.78 is 0. The van der Waals surface area contributed by atoms with Crippen molar-refractivity contribution < 1.29 is 9.90 Å². The highest BCUT2D eigenvalue weighted by molar-refractivity contribution is 5.73. The summed E-state index contributed by atoms with van der Waals surface area (Å²) in [7, 11) is 0. The van der Waals surface area contributed by atoms with Gasteiger partial charge >= 0.3 is 5.97 Å². The van der Waals surface area contributed by atoms with Crippen molar-refractivity contribution in [1.29, 1.82) is 0 Å². The van der Waals surface area contributed by atoms with E-state index < -0.39 is 12.0 Å². The van der Waals surface area contributed by atoms with Crippen molar-refractivity contribution in [1.82, 2.24) is 10.3 Å². The molecule has 0 fully saturated rings. The monoisotopic (exact) mass is 236 g/mol. The third-order valence-corrected chi connectivity index (χ3v) is 2.80. The Bertz CT molecular complexity index is 341. The zero-order valence-corrected chi connectivity index (χ0v) is 10.4. The molecule has 0 radical (unpaired) electrons. The predicted octanol–water partition coefficient (Wildman–Crippen LogP) is 2.38. The number of rotatable bonds is 7. The minimum Gasteiger partial charge on any atom is -0.480 e. The summed E-state index contributed by atoms with van der Waals surface area (Å²) in [4.78, 5) is 15.0. The SMILES string of the molecule is CCCCC(N[C@@H](C)c1ccncc1)C(=O)O. The molecule has 0 saturated carbocycles. The molecular formula is C13H20N2O2. The maximum Gasteiger partial charge on any atom is 0.320 e. The van der Waals surface area contributed by atoms with Crippen LogP contribution in [0, 0.1) is 0 Å². The van der Waals surface area contributed by atoms with Gasteiger partial charge in [0.2, 0.25) is 0 Å². The molecule has 2 atom stereocenters. The van der Waals surface area contributed by atoms with E-state index in [1.165, 1.54) is 0 Å². The van der Waals surface area contributed by atoms with Gasteiger partial charge in [-0.25, -0.2) is 0 Å². The van der Waals surface area contributed by atoms with Gasteiger partial charge in [-0.3, -0.25) is 15.1 Å². The molecule has 0 aliphatic rings. The average Bonchev–Trinajstić information content (AvgIpc) is 2.35. The molecule has 0 aliphatic heterocycles. The van der Waals surface area contributed by atoms with Crippen molar-refractivity contribution in [3.05, 3.63) is 30.1 Å². The highest BCUT2D eigenvalue weighted by Crippen LogP contribution is 2.13. The number of carboxylic acids is 1. The Morgan fingerprint density at radius 1 is 1.47 bits per heavy atom. The number of carbonyl (C=O) groups is 1. The van der Waals surface area contributed by atoms with Crippen LogP contribution < -0.4 is 5.32 Å². The molecule has 0 amide bonds. The predicted molar refractivity (Wildman–Crippen MR) is 66.7 cm³/mol. The summed E-state index contributed by atoms with van der Waals surface area (Å²) in [5.41, 5.74) is 1.06. The van der Waals surface area contributed by atoms with Gasteiger partial charge in [0.15, 0.2) is 0 Å². The topological polar surface area (TPSA) is 62.2 Å². The van der Waals surface area contributed by atoms with Crippen LogP contribution in [0.3, 0.4) is 0 Å². The van der Waals surface area contributed by atoms with Gasteiger partial charge in [-0.2, -0.15) is 0 Å². The molecule has 1 aromatic heterocycles. The first-order valence-corrected chi connectivity index (χ1v) is 6.04. The first-order chi connectivity index (χ1) is 8.15. The van der Waals surface area contributed by atoms with E-state index in [9.17, 15) is 4.79 Å². The van der Waals surface area contributed by atoms with Crippen LogP contribution in [-0.4, -0.2) is 22.1 Å². The van der Waals surface area contributed by atoms with Crippen LogP contribution in [0.5, 0.6) is 0 Å². The molecule has 0 aliphatic carbocycles. The molecule has 94 valence electrons. The van der Waals surface area contributed by atoms with E-state index in [4.69, 9.17) is 5.11 Å². The Morgan fingerprint density at radius 2 is 2.12 bits per heavy atom. The second kappa shape index (κ2) is 7.01. The summed E-state index contributed by atoms with van der Waals surface area (Å²) in [5.74, 6) is -0.778. The molecule has 4 heteroatoms. The van der Waals surface area contributed by atoms with E-state index in [1.54, 1.807) is 12.4 Å². The molecule has 0 bridgehead atoms. The van der Waals surface area contributed by atoms with Crippen LogP contribution in [0.15, 0.2) is 24.5 Å². The summed E-state index contributed by atoms with van der Waals surface area (Å²) in [6, 6.07) is 3.35. The van der Waals surface area contributed by atoms with Gasteiger partial charge in [-0.05, 0) is 31.0 Å². The van der Waals surface area contributed by atoms with Gasteiger partial charge in [0, 0.05) is 18.4 Å². The van der Waals surface area contributed by atoms with Crippen molar-refractivity contribution in [2.45, 2.75) is 45.2 Å². The Balaban J connectivity index is 2.58. The summed E-state index contributed by atoms with van der Waals surface area (Å²) >= 11 is 0. The highest BCUT2D eigenvalue weighted by atomic mass is 16.4. The van der Waals surface area contributed by atoms with Crippen LogP contribution in [0.1, 0.15) is 44.7 Å². The number of nitrogens with one attached hydrogen (secondary N) is 1. The van der Waals surface area contributed by atoms with Crippen LogP contribution in [-0.2, 0) is 4.79 Å². The zero-order chi connectivity index (χ0) is 12.7. The maximum absolute atomic E-state index is 11.1. The Morgan fingerprint density at radius 3 is 2.65 bits per heavy atom. The molecule has 17 heavy (non-hydrogen) atoms. The van der Waals surface area contributed by atoms with E-state index in [1.807, 2.05) is 19.1 Å². The van der Waals surface area contributed by atoms with Crippen LogP contribution in [0.2, 0.25) is 0 Å². The first-order valence-electron chi connectivity index (χ1n) is 6.04. The normalized spacial score (nSPS) is 14.2. The van der Waals surface area contributed by atoms with Gasteiger partial charge in [0.05, 0.1) is 0 Å². The van der Waals surface area contributed by atoms with Crippen LogP contribution in [0.4, 0.5) is 0 Å². The number of nitrogens with zero attached hydrogens (tertiary/aromatic N) is 1. The fourth-order valence-corrected chi connectivity index (χ4v) is 1.74. The van der Waals surface area contributed by atoms with E-state index in [0.29, 0.717) is 6.42 Å². The largest absolute Gasteiger partial charge is 0.480 e. The lowest BCUT2D eigenvalue weighted by Gasteiger charge is -2.20. The molecule has 0 aromatic carbocycles. The number of hydrogen-bond donors (Lipinski definition) is 2. The third-order valence-electron chi connectivity index (χ3n) is 2.80. The summed E-state index contributed by atoms with van der Waals surface area (Å²) in [6.45, 7) is 4.03. The zero-order valence-electron chi connectivity index (χ0n) is 10.4. The number of aromatic nitrogens is 1. The van der Waals surface area contributed by atoms with Crippen molar-refractivity contribution >= 4 is 5.97 Å². The average molecular weight is 236 g/mol. The minimum atomic E-state index is -0.778. The quantitative estimate of drug-likeness (QED) is 0.763. The first kappa shape index (κ1) is 13.6. The Kier molecular flexibility index (Phi) is 5.63. The second-order valence-corrected chi connectivity index (χ2v) is 4.20. The number of hydrogen-bond acceptors (Lipinski definition) is 3. The van der Waals surface area contributed by atoms with Crippen LogP contribution >= 0.6 is 0 Å². The van der Waals surface area contributed by atoms with Crippen molar-refractivity contribution in [2.24, 2.45) is 0 Å². The summed E-state index contributed by atoms with van der Waals surface area (Å²) in [6.07, 6.45) is 6.04. The molecule has 1 aromatic rings. The molecule has 0 spiro atoms. The lowest BCUT2D eigenvalue weighted by Crippen LogP contribution is -2.38. The van der Waals surface area contributed by atoms with Crippen molar-refractivity contribution in [2.75, 3.05) is 0 Å². The molecule has 1 heterocycles. The molecule has 1 unspecified atom stereocenters. The number of aliphatic carboxylic acids is 1. The molecule has 0 saturated heterocycles. The maximum atomic E-state index is 11.1. The lowest BCUT2D eigenvalue weighted by molar-refractivity contribution is -0.139. The van der Waals surface area contributed by atoms with Gasteiger partial charge in [-0.15, -0.1) is 0 Å². The van der Waals surface area contributed by atoms with E-state index in [0.717, 1.165) is 18.4 Å². The summed E-state index contributed by atoms with van der Waals surface area (Å²) in [5, 5.41) is 12.3. The third kappa shape index (κ3) is 4.53. The number of pyridine rings is 1. The van der Waals surface area contributed by atoms with Gasteiger partial charge in [-0.1, -0.05) is 19.8 Å². The van der Waals surface area contributed by atoms with Crippen LogP contribution in [0.25, 0.3) is 0 Å². The Labute approximate surface area is 102 Å². The van der Waals surface area contributed by atoms with E-state index in [2.05, 4.69) is 17.2 Å². The fourth-order valence-electron chi connectivity index (χ4n) is 1.74. The van der Waals surface area contributed by atoms with Crippen molar-refractivity contribution in [3.63, 3.8) is 0 Å². The lowest BCUT2D eigenvalue weighted by atomic mass is 10.1. The van der Waals surface area contributed by atoms with Crippen molar-refractivity contribution in [3.8, 4) is 0 Å². The van der Waals surface area contributed by atoms with Gasteiger partial charge < -0.3 is 5.11 Å². The minimum absolute atomic E-state index is 0.0240. The van der Waals surface area contributed by atoms with E-state index in [-0.39, 0.29) is 6.04 Å². The Hall–Kier alpha value is -1.42. The van der Waals surface area contributed by atoms with Gasteiger partial charge in [0.1, 0.15) is 6.04 Å². The van der Waals surface area contributed by atoms with Gasteiger partial charge in [0.25, 0.3) is 0 Å². The number of carboxylic acid groups (broad SMARTS) is 1. The molecule has 1 rings (SSSR count). The fraction of sp³-hybridized carbons (Fsp3) is 0.538. The second-order valence-electron chi connectivity index (χ2n) is 4.20. The standard InChI is InChI=1S/C13H20N2O2/c1-3-4-5-12(13(16)17)15-10(2)11-6-8-14-9-7-11/h6-10,12,15H,3-5H2,1-2H3,(H,16,17)/t10-,12?/m0/s1. The number of unbranched alkanes of at least 4 members (excludes halogenated alkanes) is 1. The van der Waals surface area contributed by atoms with E-state index >= 15 is 0 Å². The molecule has 4 nitrogen and oxygen atoms in total. The molecule has 2 N–H and O–H groups in total. The highest BCUT2D eigenvalue weighted by Gasteiger charge is 2.19. The molecular weight excluding hydrogens is 216 g/mol.